The number of carbonyl (C=O) groups is 1. The zero-order valence-corrected chi connectivity index (χ0v) is 13.4. The molecule has 0 amide bonds. The van der Waals surface area contributed by atoms with Crippen LogP contribution < -0.4 is 19.5 Å². The van der Waals surface area contributed by atoms with E-state index in [2.05, 4.69) is 10.1 Å². The van der Waals surface area contributed by atoms with Crippen molar-refractivity contribution in [2.75, 3.05) is 32.4 Å². The molecule has 0 radical (unpaired) electrons. The Balaban J connectivity index is 1.38. The van der Waals surface area contributed by atoms with Crippen LogP contribution in [0.3, 0.4) is 0 Å². The number of methoxy groups -OCH3 is 1. The molecule has 0 unspecified atom stereocenters. The Morgan fingerprint density at radius 2 is 1.92 bits per heavy atom. The first-order valence-electron chi connectivity index (χ1n) is 7.71. The Morgan fingerprint density at radius 3 is 2.71 bits per heavy atom. The topological polar surface area (TPSA) is 66.0 Å². The van der Waals surface area contributed by atoms with E-state index in [1.165, 1.54) is 7.11 Å². The summed E-state index contributed by atoms with van der Waals surface area (Å²) in [6, 6.07) is 12.7. The Bertz CT molecular complexity index is 699. The van der Waals surface area contributed by atoms with Gasteiger partial charge in [0.25, 0.3) is 0 Å². The number of hydrogen-bond donors (Lipinski definition) is 1. The summed E-state index contributed by atoms with van der Waals surface area (Å²) in [6.45, 7) is 1.64. The van der Waals surface area contributed by atoms with Gasteiger partial charge >= 0.3 is 5.97 Å². The lowest BCUT2D eigenvalue weighted by molar-refractivity contribution is 0.0600. The molecule has 1 heterocycles. The van der Waals surface area contributed by atoms with Gasteiger partial charge in [-0.3, -0.25) is 0 Å². The molecule has 0 spiro atoms. The number of carbonyl (C=O) groups excluding carboxylic acids is 1. The van der Waals surface area contributed by atoms with Crippen molar-refractivity contribution in [3.05, 3.63) is 48.0 Å². The first-order valence-corrected chi connectivity index (χ1v) is 7.71. The molecule has 2 aromatic rings. The van der Waals surface area contributed by atoms with Crippen molar-refractivity contribution in [2.45, 2.75) is 6.42 Å². The van der Waals surface area contributed by atoms with Crippen LogP contribution in [0, 0.1) is 0 Å². The fourth-order valence-electron chi connectivity index (χ4n) is 2.31. The monoisotopic (exact) mass is 329 g/mol. The van der Waals surface area contributed by atoms with E-state index in [1.807, 2.05) is 18.2 Å². The van der Waals surface area contributed by atoms with Crippen molar-refractivity contribution in [3.8, 4) is 17.2 Å². The van der Waals surface area contributed by atoms with E-state index in [0.29, 0.717) is 12.2 Å². The number of benzene rings is 2. The zero-order valence-electron chi connectivity index (χ0n) is 13.4. The predicted molar refractivity (Wildman–Crippen MR) is 88.9 cm³/mol. The lowest BCUT2D eigenvalue weighted by Gasteiger charge is -2.09. The molecule has 0 saturated carbocycles. The van der Waals surface area contributed by atoms with Crippen LogP contribution in [0.4, 0.5) is 5.69 Å². The molecule has 3 rings (SSSR count). The molecule has 0 atom stereocenters. The van der Waals surface area contributed by atoms with Gasteiger partial charge in [-0.15, -0.1) is 0 Å². The van der Waals surface area contributed by atoms with Crippen molar-refractivity contribution in [3.63, 3.8) is 0 Å². The van der Waals surface area contributed by atoms with E-state index in [4.69, 9.17) is 14.2 Å². The van der Waals surface area contributed by atoms with Gasteiger partial charge in [0, 0.05) is 18.3 Å². The maximum absolute atomic E-state index is 11.3. The second-order valence-corrected chi connectivity index (χ2v) is 5.21. The number of esters is 1. The summed E-state index contributed by atoms with van der Waals surface area (Å²) >= 11 is 0. The quantitative estimate of drug-likeness (QED) is 0.622. The number of anilines is 1. The summed E-state index contributed by atoms with van der Waals surface area (Å²) in [5, 5.41) is 3.32. The third kappa shape index (κ3) is 3.90. The highest BCUT2D eigenvalue weighted by Crippen LogP contribution is 2.34. The van der Waals surface area contributed by atoms with Gasteiger partial charge in [0.2, 0.25) is 6.79 Å². The normalized spacial score (nSPS) is 11.9. The van der Waals surface area contributed by atoms with Crippen LogP contribution in [-0.4, -0.2) is 33.0 Å². The number of nitrogens with one attached hydrogen (secondary N) is 1. The lowest BCUT2D eigenvalue weighted by Crippen LogP contribution is -2.07. The van der Waals surface area contributed by atoms with Crippen molar-refractivity contribution >= 4 is 11.7 Å². The molecular formula is C18H19NO5. The molecular weight excluding hydrogens is 310 g/mol. The lowest BCUT2D eigenvalue weighted by atomic mass is 10.2. The molecule has 0 bridgehead atoms. The summed E-state index contributed by atoms with van der Waals surface area (Å²) in [6.07, 6.45) is 0.840. The van der Waals surface area contributed by atoms with E-state index in [9.17, 15) is 4.79 Å². The van der Waals surface area contributed by atoms with Crippen molar-refractivity contribution in [2.24, 2.45) is 0 Å². The van der Waals surface area contributed by atoms with Crippen LogP contribution in [0.2, 0.25) is 0 Å². The fourth-order valence-corrected chi connectivity index (χ4v) is 2.31. The molecule has 0 aliphatic carbocycles. The van der Waals surface area contributed by atoms with E-state index in [0.717, 1.165) is 35.9 Å². The fraction of sp³-hybridized carbons (Fsp3) is 0.278. The summed E-state index contributed by atoms with van der Waals surface area (Å²) in [7, 11) is 1.36. The van der Waals surface area contributed by atoms with E-state index in [1.54, 1.807) is 24.3 Å². The number of ether oxygens (including phenoxy) is 4. The Morgan fingerprint density at radius 1 is 1.12 bits per heavy atom. The van der Waals surface area contributed by atoms with Crippen molar-refractivity contribution in [1.29, 1.82) is 0 Å². The molecule has 6 nitrogen and oxygen atoms in total. The number of hydrogen-bond acceptors (Lipinski definition) is 6. The molecule has 0 aromatic heterocycles. The molecule has 1 N–H and O–H groups in total. The smallest absolute Gasteiger partial charge is 0.337 e. The summed E-state index contributed by atoms with van der Waals surface area (Å²) in [5.74, 6) is 1.92. The van der Waals surface area contributed by atoms with Gasteiger partial charge in [-0.1, -0.05) is 0 Å². The van der Waals surface area contributed by atoms with Crippen LogP contribution in [0.1, 0.15) is 16.8 Å². The average molecular weight is 329 g/mol. The third-order valence-electron chi connectivity index (χ3n) is 3.57. The second-order valence-electron chi connectivity index (χ2n) is 5.21. The van der Waals surface area contributed by atoms with E-state index >= 15 is 0 Å². The summed E-state index contributed by atoms with van der Waals surface area (Å²) in [5.41, 5.74) is 1.50. The minimum atomic E-state index is -0.352. The van der Waals surface area contributed by atoms with Crippen molar-refractivity contribution in [1.82, 2.24) is 0 Å². The number of fused-ring (bicyclic) bond motifs is 1. The first-order chi connectivity index (χ1) is 11.8. The van der Waals surface area contributed by atoms with Crippen LogP contribution >= 0.6 is 0 Å². The highest BCUT2D eigenvalue weighted by Gasteiger charge is 2.12. The molecule has 126 valence electrons. The maximum Gasteiger partial charge on any atom is 0.337 e. The molecule has 24 heavy (non-hydrogen) atoms. The van der Waals surface area contributed by atoms with Crippen LogP contribution in [0.15, 0.2) is 42.5 Å². The van der Waals surface area contributed by atoms with Crippen LogP contribution in [0.25, 0.3) is 0 Å². The Hall–Kier alpha value is -2.89. The SMILES string of the molecule is COC(=O)c1ccc(OCCCNc2ccc3c(c2)OCO3)cc1. The predicted octanol–water partition coefficient (Wildman–Crippen LogP) is 3.08. The molecule has 0 fully saturated rings. The van der Waals surface area contributed by atoms with Gasteiger partial charge in [-0.25, -0.2) is 4.79 Å². The highest BCUT2D eigenvalue weighted by atomic mass is 16.7. The molecule has 1 aliphatic rings. The van der Waals surface area contributed by atoms with Gasteiger partial charge in [0.05, 0.1) is 19.3 Å². The molecule has 6 heteroatoms. The molecule has 2 aromatic carbocycles. The third-order valence-corrected chi connectivity index (χ3v) is 3.57. The minimum Gasteiger partial charge on any atom is -0.494 e. The van der Waals surface area contributed by atoms with Gasteiger partial charge in [0.1, 0.15) is 5.75 Å². The minimum absolute atomic E-state index is 0.279. The van der Waals surface area contributed by atoms with Crippen LogP contribution in [0.5, 0.6) is 17.2 Å². The largest absolute Gasteiger partial charge is 0.494 e. The van der Waals surface area contributed by atoms with E-state index < -0.39 is 0 Å². The summed E-state index contributed by atoms with van der Waals surface area (Å²) < 4.78 is 20.9. The van der Waals surface area contributed by atoms with Gasteiger partial charge in [-0.05, 0) is 42.8 Å². The molecule has 0 saturated heterocycles. The first kappa shape index (κ1) is 16.0. The zero-order chi connectivity index (χ0) is 16.8. The average Bonchev–Trinajstić information content (AvgIpc) is 3.09. The van der Waals surface area contributed by atoms with Crippen LogP contribution in [-0.2, 0) is 4.74 Å². The van der Waals surface area contributed by atoms with Crippen molar-refractivity contribution < 1.29 is 23.7 Å². The Kier molecular flexibility index (Phi) is 5.05. The van der Waals surface area contributed by atoms with Gasteiger partial charge in [-0.2, -0.15) is 0 Å². The van der Waals surface area contributed by atoms with Gasteiger partial charge in [0.15, 0.2) is 11.5 Å². The van der Waals surface area contributed by atoms with Gasteiger partial charge < -0.3 is 24.3 Å². The Labute approximate surface area is 140 Å². The molecule has 1 aliphatic heterocycles. The summed E-state index contributed by atoms with van der Waals surface area (Å²) in [4.78, 5) is 11.3. The second kappa shape index (κ2) is 7.59. The standard InChI is InChI=1S/C18H19NO5/c1-21-18(20)13-3-6-15(7-4-13)22-10-2-9-19-14-5-8-16-17(11-14)24-12-23-16/h3-8,11,19H,2,9-10,12H2,1H3. The van der Waals surface area contributed by atoms with E-state index in [-0.39, 0.29) is 12.8 Å². The maximum atomic E-state index is 11.3. The number of rotatable bonds is 7. The highest BCUT2D eigenvalue weighted by molar-refractivity contribution is 5.89.